The van der Waals surface area contributed by atoms with Crippen LogP contribution in [0.4, 0.5) is 5.82 Å². The predicted molar refractivity (Wildman–Crippen MR) is 133 cm³/mol. The van der Waals surface area contributed by atoms with Crippen molar-refractivity contribution in [2.24, 2.45) is 0 Å². The first kappa shape index (κ1) is 23.2. The Balaban J connectivity index is 1.42. The van der Waals surface area contributed by atoms with E-state index >= 15 is 0 Å². The summed E-state index contributed by atoms with van der Waals surface area (Å²) in [5.41, 5.74) is 3.36. The molecule has 3 aromatic carbocycles. The van der Waals surface area contributed by atoms with Gasteiger partial charge in [0.25, 0.3) is 5.91 Å². The normalized spacial score (nSPS) is 10.8. The zero-order valence-electron chi connectivity index (χ0n) is 17.7. The summed E-state index contributed by atoms with van der Waals surface area (Å²) in [4.78, 5) is 12.8. The van der Waals surface area contributed by atoms with E-state index in [1.165, 1.54) is 0 Å². The molecule has 4 aromatic rings. The van der Waals surface area contributed by atoms with Crippen molar-refractivity contribution >= 4 is 46.5 Å². The van der Waals surface area contributed by atoms with Gasteiger partial charge in [-0.25, -0.2) is 0 Å². The van der Waals surface area contributed by atoms with Crippen LogP contribution in [-0.4, -0.2) is 15.7 Å². The molecule has 8 heteroatoms. The summed E-state index contributed by atoms with van der Waals surface area (Å²) in [6.07, 6.45) is 1.67. The minimum Gasteiger partial charge on any atom is -0.487 e. The van der Waals surface area contributed by atoms with Gasteiger partial charge in [0, 0.05) is 16.8 Å². The fraction of sp³-hybridized carbons (Fsp3) is 0.120. The lowest BCUT2D eigenvalue weighted by Gasteiger charge is -2.10. The fourth-order valence-corrected chi connectivity index (χ4v) is 3.70. The number of aryl methyl sites for hydroxylation is 1. The van der Waals surface area contributed by atoms with Crippen LogP contribution in [0.25, 0.3) is 0 Å². The van der Waals surface area contributed by atoms with Gasteiger partial charge in [-0.1, -0.05) is 65.1 Å². The van der Waals surface area contributed by atoms with E-state index in [4.69, 9.17) is 39.5 Å². The number of amides is 1. The molecule has 0 radical (unpaired) electrons. The Labute approximate surface area is 206 Å². The molecule has 0 saturated heterocycles. The molecule has 5 nitrogen and oxygen atoms in total. The summed E-state index contributed by atoms with van der Waals surface area (Å²) in [7, 11) is 0. The van der Waals surface area contributed by atoms with Crippen molar-refractivity contribution in [2.75, 3.05) is 5.32 Å². The monoisotopic (exact) mass is 499 g/mol. The van der Waals surface area contributed by atoms with E-state index in [1.54, 1.807) is 35.1 Å². The van der Waals surface area contributed by atoms with Crippen LogP contribution in [0.5, 0.6) is 5.75 Å². The standard InChI is InChI=1S/C25H20Cl3N3O2/c1-16-5-10-21(27)23(11-16)33-15-18-3-2-4-19(12-18)25(32)29-24-22(28)14-31(30-24)13-17-6-8-20(26)9-7-17/h2-12,14H,13,15H2,1H3,(H,29,30,32). The maximum Gasteiger partial charge on any atom is 0.256 e. The van der Waals surface area contributed by atoms with Gasteiger partial charge in [0.2, 0.25) is 0 Å². The number of benzene rings is 3. The summed E-state index contributed by atoms with van der Waals surface area (Å²) in [5, 5.41) is 8.72. The molecule has 0 bridgehead atoms. The number of rotatable bonds is 7. The number of halogens is 3. The molecule has 0 saturated carbocycles. The molecule has 0 aliphatic heterocycles. The van der Waals surface area contributed by atoms with E-state index < -0.39 is 0 Å². The van der Waals surface area contributed by atoms with Crippen LogP contribution in [0.1, 0.15) is 27.0 Å². The van der Waals surface area contributed by atoms with Crippen LogP contribution in [-0.2, 0) is 13.2 Å². The molecule has 0 fully saturated rings. The summed E-state index contributed by atoms with van der Waals surface area (Å²) in [5.74, 6) is 0.581. The van der Waals surface area contributed by atoms with E-state index in [-0.39, 0.29) is 12.5 Å². The second kappa shape index (κ2) is 10.3. The van der Waals surface area contributed by atoms with Crippen molar-refractivity contribution in [1.29, 1.82) is 0 Å². The highest BCUT2D eigenvalue weighted by molar-refractivity contribution is 6.33. The molecule has 1 aromatic heterocycles. The maximum absolute atomic E-state index is 12.8. The molecule has 33 heavy (non-hydrogen) atoms. The van der Waals surface area contributed by atoms with Gasteiger partial charge in [0.05, 0.1) is 11.6 Å². The van der Waals surface area contributed by atoms with Crippen molar-refractivity contribution in [1.82, 2.24) is 9.78 Å². The van der Waals surface area contributed by atoms with Crippen LogP contribution in [0.3, 0.4) is 0 Å². The predicted octanol–water partition coefficient (Wildman–Crippen LogP) is 7.03. The van der Waals surface area contributed by atoms with Crippen molar-refractivity contribution < 1.29 is 9.53 Å². The van der Waals surface area contributed by atoms with Crippen molar-refractivity contribution in [3.63, 3.8) is 0 Å². The second-order valence-corrected chi connectivity index (χ2v) is 8.78. The molecule has 4 rings (SSSR count). The maximum atomic E-state index is 12.8. The van der Waals surface area contributed by atoms with Crippen LogP contribution >= 0.6 is 34.8 Å². The Bertz CT molecular complexity index is 1290. The quantitative estimate of drug-likeness (QED) is 0.296. The first-order chi connectivity index (χ1) is 15.9. The van der Waals surface area contributed by atoms with E-state index in [1.807, 2.05) is 49.4 Å². The van der Waals surface area contributed by atoms with E-state index in [0.29, 0.717) is 38.7 Å². The Hall–Kier alpha value is -2.99. The average Bonchev–Trinajstić information content (AvgIpc) is 3.14. The third kappa shape index (κ3) is 6.08. The first-order valence-corrected chi connectivity index (χ1v) is 11.3. The molecule has 0 aliphatic rings. The topological polar surface area (TPSA) is 56.1 Å². The zero-order valence-corrected chi connectivity index (χ0v) is 20.0. The number of anilines is 1. The summed E-state index contributed by atoms with van der Waals surface area (Å²) >= 11 is 18.4. The number of aromatic nitrogens is 2. The third-order valence-corrected chi connectivity index (χ3v) is 5.72. The highest BCUT2D eigenvalue weighted by Crippen LogP contribution is 2.26. The van der Waals surface area contributed by atoms with Gasteiger partial charge in [0.1, 0.15) is 17.4 Å². The van der Waals surface area contributed by atoms with Crippen LogP contribution in [0.2, 0.25) is 15.1 Å². The minimum absolute atomic E-state index is 0.279. The van der Waals surface area contributed by atoms with Crippen molar-refractivity contribution in [2.45, 2.75) is 20.1 Å². The molecule has 168 valence electrons. The molecule has 0 atom stereocenters. The first-order valence-electron chi connectivity index (χ1n) is 10.1. The highest BCUT2D eigenvalue weighted by atomic mass is 35.5. The molecule has 1 amide bonds. The molecule has 0 spiro atoms. The van der Waals surface area contributed by atoms with Gasteiger partial charge < -0.3 is 10.1 Å². The second-order valence-electron chi connectivity index (χ2n) is 7.53. The number of carbonyl (C=O) groups excluding carboxylic acids is 1. The molecular weight excluding hydrogens is 481 g/mol. The number of nitrogens with zero attached hydrogens (tertiary/aromatic N) is 2. The van der Waals surface area contributed by atoms with E-state index in [9.17, 15) is 4.79 Å². The number of carbonyl (C=O) groups is 1. The highest BCUT2D eigenvalue weighted by Gasteiger charge is 2.13. The zero-order chi connectivity index (χ0) is 23.4. The summed E-state index contributed by atoms with van der Waals surface area (Å²) < 4.78 is 7.50. The average molecular weight is 501 g/mol. The number of ether oxygens (including phenoxy) is 1. The summed E-state index contributed by atoms with van der Waals surface area (Å²) in [6, 6.07) is 20.2. The van der Waals surface area contributed by atoms with Crippen LogP contribution in [0, 0.1) is 6.92 Å². The molecular formula is C25H20Cl3N3O2. The van der Waals surface area contributed by atoms with Crippen molar-refractivity contribution in [3.8, 4) is 5.75 Å². The van der Waals surface area contributed by atoms with Gasteiger partial charge >= 0.3 is 0 Å². The Morgan fingerprint density at radius 2 is 1.76 bits per heavy atom. The van der Waals surface area contributed by atoms with E-state index in [2.05, 4.69) is 10.4 Å². The Morgan fingerprint density at radius 3 is 2.55 bits per heavy atom. The summed E-state index contributed by atoms with van der Waals surface area (Å²) in [6.45, 7) is 2.75. The van der Waals surface area contributed by atoms with E-state index in [0.717, 1.165) is 16.7 Å². The largest absolute Gasteiger partial charge is 0.487 e. The Morgan fingerprint density at radius 1 is 0.970 bits per heavy atom. The minimum atomic E-state index is -0.316. The van der Waals surface area contributed by atoms with Gasteiger partial charge in [0.15, 0.2) is 5.82 Å². The molecule has 0 unspecified atom stereocenters. The molecule has 0 aliphatic carbocycles. The lowest BCUT2D eigenvalue weighted by molar-refractivity contribution is 0.102. The number of nitrogens with one attached hydrogen (secondary N) is 1. The third-order valence-electron chi connectivity index (χ3n) is 4.88. The lowest BCUT2D eigenvalue weighted by Crippen LogP contribution is -2.13. The van der Waals surface area contributed by atoms with Gasteiger partial charge in [-0.05, 0) is 60.0 Å². The molecule has 1 N–H and O–H groups in total. The van der Waals surface area contributed by atoms with Gasteiger partial charge in [-0.3, -0.25) is 9.48 Å². The smallest absolute Gasteiger partial charge is 0.256 e. The molecule has 1 heterocycles. The van der Waals surface area contributed by atoms with Crippen LogP contribution < -0.4 is 10.1 Å². The van der Waals surface area contributed by atoms with Crippen molar-refractivity contribution in [3.05, 3.63) is 110 Å². The van der Waals surface area contributed by atoms with Gasteiger partial charge in [-0.15, -0.1) is 0 Å². The fourth-order valence-electron chi connectivity index (χ4n) is 3.20. The van der Waals surface area contributed by atoms with Crippen LogP contribution in [0.15, 0.2) is 72.9 Å². The number of hydrogen-bond acceptors (Lipinski definition) is 3. The lowest BCUT2D eigenvalue weighted by atomic mass is 10.1. The SMILES string of the molecule is Cc1ccc(Cl)c(OCc2cccc(C(=O)Nc3nn(Cc4ccc(Cl)cc4)cc3Cl)c2)c1. The van der Waals surface area contributed by atoms with Gasteiger partial charge in [-0.2, -0.15) is 5.10 Å². The Kier molecular flexibility index (Phi) is 7.23. The number of hydrogen-bond donors (Lipinski definition) is 1.